The molecule has 4 rings (SSSR count). The number of aromatic nitrogens is 1. The van der Waals surface area contributed by atoms with Gasteiger partial charge in [0, 0.05) is 23.0 Å². The van der Waals surface area contributed by atoms with E-state index in [1.165, 1.54) is 12.3 Å². The second-order valence-electron chi connectivity index (χ2n) is 7.46. The van der Waals surface area contributed by atoms with Gasteiger partial charge in [-0.05, 0) is 36.4 Å². The summed E-state index contributed by atoms with van der Waals surface area (Å²) in [4.78, 5) is 33.3. The fourth-order valence-corrected chi connectivity index (χ4v) is 3.63. The maximum atomic E-state index is 13.6. The first-order valence-electron chi connectivity index (χ1n) is 9.89. The fourth-order valence-electron chi connectivity index (χ4n) is 3.63. The van der Waals surface area contributed by atoms with E-state index in [-0.39, 0.29) is 0 Å². The summed E-state index contributed by atoms with van der Waals surface area (Å²) in [6, 6.07) is 16.5. The highest BCUT2D eigenvalue weighted by molar-refractivity contribution is 6.07. The number of likely N-dealkylation sites (tertiary alicyclic amines) is 1. The van der Waals surface area contributed by atoms with Crippen LogP contribution in [0.3, 0.4) is 0 Å². The van der Waals surface area contributed by atoms with Crippen molar-refractivity contribution in [1.29, 1.82) is 0 Å². The van der Waals surface area contributed by atoms with Gasteiger partial charge in [-0.2, -0.15) is 0 Å². The predicted octanol–water partition coefficient (Wildman–Crippen LogP) is 3.82. The summed E-state index contributed by atoms with van der Waals surface area (Å²) in [6.07, 6.45) is -0.418. The predicted molar refractivity (Wildman–Crippen MR) is 115 cm³/mol. The number of benzene rings is 2. The van der Waals surface area contributed by atoms with Crippen LogP contribution in [0.15, 0.2) is 60.8 Å². The molecule has 1 aliphatic heterocycles. The Morgan fingerprint density at radius 3 is 2.69 bits per heavy atom. The molecular formula is C23H19F2N5O2. The summed E-state index contributed by atoms with van der Waals surface area (Å²) >= 11 is 0. The number of fused-ring (bicyclic) bond motifs is 1. The minimum Gasteiger partial charge on any atom is -0.355 e. The van der Waals surface area contributed by atoms with Crippen molar-refractivity contribution in [2.45, 2.75) is 18.5 Å². The molecule has 32 heavy (non-hydrogen) atoms. The van der Waals surface area contributed by atoms with Gasteiger partial charge in [0.25, 0.3) is 11.8 Å². The van der Waals surface area contributed by atoms with Gasteiger partial charge in [-0.15, -0.1) is 0 Å². The van der Waals surface area contributed by atoms with E-state index >= 15 is 0 Å². The van der Waals surface area contributed by atoms with Gasteiger partial charge in [0.2, 0.25) is 5.91 Å². The number of alkyl halides is 2. The third-order valence-electron chi connectivity index (χ3n) is 5.16. The molecule has 0 radical (unpaired) electrons. The van der Waals surface area contributed by atoms with Crippen LogP contribution in [0.25, 0.3) is 15.7 Å². The van der Waals surface area contributed by atoms with Crippen LogP contribution in [-0.2, 0) is 4.79 Å². The van der Waals surface area contributed by atoms with E-state index in [1.54, 1.807) is 12.1 Å². The SMILES string of the molecule is [C-]#[N+][C@@H]1CC(F)(F)CN1C(=O)CNC(=O)c1ccnc2cc(Nc3ccccc3)ccc12. The maximum Gasteiger partial charge on any atom is 0.306 e. The first kappa shape index (κ1) is 21.2. The van der Waals surface area contributed by atoms with Gasteiger partial charge < -0.3 is 10.6 Å². The fraction of sp³-hybridized carbons (Fsp3) is 0.217. The molecule has 2 aromatic carbocycles. The van der Waals surface area contributed by atoms with Crippen molar-refractivity contribution in [3.8, 4) is 0 Å². The van der Waals surface area contributed by atoms with Crippen LogP contribution < -0.4 is 10.6 Å². The van der Waals surface area contributed by atoms with Crippen LogP contribution >= 0.6 is 0 Å². The Labute approximate surface area is 182 Å². The smallest absolute Gasteiger partial charge is 0.306 e. The highest BCUT2D eigenvalue weighted by Crippen LogP contribution is 2.32. The lowest BCUT2D eigenvalue weighted by Crippen LogP contribution is -2.42. The van der Waals surface area contributed by atoms with E-state index < -0.39 is 43.4 Å². The van der Waals surface area contributed by atoms with Crippen molar-refractivity contribution >= 4 is 34.1 Å². The minimum absolute atomic E-state index is 0.308. The Balaban J connectivity index is 1.46. The third kappa shape index (κ3) is 4.49. The number of pyridine rings is 1. The Morgan fingerprint density at radius 2 is 1.94 bits per heavy atom. The molecule has 1 saturated heterocycles. The summed E-state index contributed by atoms with van der Waals surface area (Å²) in [5.74, 6) is -4.34. The molecule has 0 spiro atoms. The second-order valence-corrected chi connectivity index (χ2v) is 7.46. The Kier molecular flexibility index (Phi) is 5.69. The Bertz CT molecular complexity index is 1210. The highest BCUT2D eigenvalue weighted by Gasteiger charge is 2.50. The lowest BCUT2D eigenvalue weighted by Gasteiger charge is -2.16. The van der Waals surface area contributed by atoms with Gasteiger partial charge in [-0.25, -0.2) is 15.4 Å². The zero-order valence-electron chi connectivity index (χ0n) is 16.9. The second kappa shape index (κ2) is 8.59. The van der Waals surface area contributed by atoms with Gasteiger partial charge in [-0.3, -0.25) is 24.3 Å². The molecule has 0 saturated carbocycles. The number of carbonyl (C=O) groups excluding carboxylic acids is 2. The lowest BCUT2D eigenvalue weighted by atomic mass is 10.1. The molecule has 7 nitrogen and oxygen atoms in total. The van der Waals surface area contributed by atoms with E-state index in [0.29, 0.717) is 16.5 Å². The number of hydrogen-bond donors (Lipinski definition) is 2. The molecule has 1 fully saturated rings. The van der Waals surface area contributed by atoms with Gasteiger partial charge >= 0.3 is 6.17 Å². The molecule has 3 aromatic rings. The number of anilines is 2. The molecule has 1 atom stereocenters. The van der Waals surface area contributed by atoms with Crippen LogP contribution in [0.2, 0.25) is 0 Å². The molecule has 162 valence electrons. The van der Waals surface area contributed by atoms with Crippen molar-refractivity contribution in [3.05, 3.63) is 77.8 Å². The number of nitrogens with one attached hydrogen (secondary N) is 2. The van der Waals surface area contributed by atoms with Crippen LogP contribution in [0.1, 0.15) is 16.8 Å². The number of halogens is 2. The quantitative estimate of drug-likeness (QED) is 0.598. The van der Waals surface area contributed by atoms with Crippen LogP contribution in [0, 0.1) is 6.57 Å². The van der Waals surface area contributed by atoms with Crippen molar-refractivity contribution in [1.82, 2.24) is 15.2 Å². The maximum absolute atomic E-state index is 13.6. The van der Waals surface area contributed by atoms with E-state index in [9.17, 15) is 18.4 Å². The Morgan fingerprint density at radius 1 is 1.16 bits per heavy atom. The number of amides is 2. The number of carbonyl (C=O) groups is 2. The number of hydrogen-bond acceptors (Lipinski definition) is 4. The third-order valence-corrected chi connectivity index (χ3v) is 5.16. The molecule has 0 unspecified atom stereocenters. The van der Waals surface area contributed by atoms with E-state index in [0.717, 1.165) is 16.3 Å². The molecule has 1 aliphatic rings. The first-order chi connectivity index (χ1) is 15.4. The van der Waals surface area contributed by atoms with Gasteiger partial charge in [0.1, 0.15) is 6.42 Å². The van der Waals surface area contributed by atoms with Gasteiger partial charge in [-0.1, -0.05) is 18.2 Å². The van der Waals surface area contributed by atoms with Gasteiger partial charge in [0.05, 0.1) is 24.2 Å². The van der Waals surface area contributed by atoms with Crippen molar-refractivity contribution < 1.29 is 18.4 Å². The molecular weight excluding hydrogens is 416 g/mol. The normalized spacial score (nSPS) is 17.0. The largest absolute Gasteiger partial charge is 0.355 e. The Hall–Kier alpha value is -4.06. The van der Waals surface area contributed by atoms with Gasteiger partial charge in [0.15, 0.2) is 0 Å². The van der Waals surface area contributed by atoms with Crippen LogP contribution in [0.4, 0.5) is 20.2 Å². The summed E-state index contributed by atoms with van der Waals surface area (Å²) in [6.45, 7) is 5.74. The topological polar surface area (TPSA) is 78.7 Å². The number of nitrogens with zero attached hydrogens (tertiary/aromatic N) is 3. The number of rotatable bonds is 5. The molecule has 1 aromatic heterocycles. The van der Waals surface area contributed by atoms with Crippen LogP contribution in [-0.4, -0.2) is 46.9 Å². The first-order valence-corrected chi connectivity index (χ1v) is 9.89. The molecule has 9 heteroatoms. The highest BCUT2D eigenvalue weighted by atomic mass is 19.3. The average Bonchev–Trinajstić information content (AvgIpc) is 3.12. The van der Waals surface area contributed by atoms with Crippen molar-refractivity contribution in [2.75, 3.05) is 18.4 Å². The standard InChI is InChI=1S/C23H19F2N5O2/c1-26-20-12-23(24,25)14-30(20)21(31)13-28-22(32)18-9-10-27-19-11-16(7-8-17(18)19)29-15-5-3-2-4-6-15/h2-11,20,29H,12-14H2,(H,28,32)/t20-/m0/s1. The molecule has 0 aliphatic carbocycles. The molecule has 2 amide bonds. The van der Waals surface area contributed by atoms with E-state index in [4.69, 9.17) is 6.57 Å². The minimum atomic E-state index is -3.10. The molecule has 2 N–H and O–H groups in total. The summed E-state index contributed by atoms with van der Waals surface area (Å²) in [5, 5.41) is 6.31. The lowest BCUT2D eigenvalue weighted by molar-refractivity contribution is -0.131. The van der Waals surface area contributed by atoms with Crippen LogP contribution in [0.5, 0.6) is 0 Å². The number of para-hydroxylation sites is 1. The molecule has 2 heterocycles. The van der Waals surface area contributed by atoms with Crippen molar-refractivity contribution in [2.24, 2.45) is 0 Å². The monoisotopic (exact) mass is 435 g/mol. The summed E-state index contributed by atoms with van der Waals surface area (Å²) < 4.78 is 27.1. The van der Waals surface area contributed by atoms with E-state index in [2.05, 4.69) is 20.5 Å². The average molecular weight is 435 g/mol. The zero-order valence-corrected chi connectivity index (χ0v) is 16.9. The van der Waals surface area contributed by atoms with E-state index in [1.807, 2.05) is 36.4 Å². The van der Waals surface area contributed by atoms with Crippen molar-refractivity contribution in [3.63, 3.8) is 0 Å². The summed E-state index contributed by atoms with van der Waals surface area (Å²) in [7, 11) is 0. The zero-order chi connectivity index (χ0) is 22.7. The molecule has 0 bridgehead atoms. The summed E-state index contributed by atoms with van der Waals surface area (Å²) in [5.41, 5.74) is 2.59.